The maximum Gasteiger partial charge on any atom is 0.251 e. The molecule has 1 amide bonds. The number of aliphatic hydroxyl groups is 3. The Balaban J connectivity index is 1.81. The lowest BCUT2D eigenvalue weighted by molar-refractivity contribution is -0.262. The van der Waals surface area contributed by atoms with Crippen LogP contribution >= 0.6 is 0 Å². The summed E-state index contributed by atoms with van der Waals surface area (Å²) in [6.45, 7) is 1.19. The largest absolute Gasteiger partial charge is 0.461 e. The number of aliphatic hydroxyl groups excluding tert-OH is 3. The van der Waals surface area contributed by atoms with E-state index in [1.807, 2.05) is 12.1 Å². The van der Waals surface area contributed by atoms with Gasteiger partial charge in [0.1, 0.15) is 24.1 Å². The standard InChI is InChI=1S/C21H24FNO6/c1-11-8-13(12-4-3-5-14(9-12)20(27)23-2)6-7-15(11)28-21-17(22)19(26)18(25)16(10-24)29-21/h3-9,16-19,21,24-26H,10H2,1-2H3,(H,23,27). The summed E-state index contributed by atoms with van der Waals surface area (Å²) >= 11 is 0. The number of amides is 1. The van der Waals surface area contributed by atoms with Crippen molar-refractivity contribution in [1.82, 2.24) is 5.32 Å². The molecule has 1 fully saturated rings. The minimum atomic E-state index is -1.98. The van der Waals surface area contributed by atoms with Crippen LogP contribution in [-0.2, 0) is 4.74 Å². The molecule has 1 aliphatic heterocycles. The summed E-state index contributed by atoms with van der Waals surface area (Å²) < 4.78 is 25.2. The van der Waals surface area contributed by atoms with E-state index in [0.717, 1.165) is 11.1 Å². The molecule has 29 heavy (non-hydrogen) atoms. The van der Waals surface area contributed by atoms with Gasteiger partial charge in [0.15, 0.2) is 6.17 Å². The van der Waals surface area contributed by atoms with Crippen molar-refractivity contribution in [2.75, 3.05) is 13.7 Å². The van der Waals surface area contributed by atoms with E-state index in [2.05, 4.69) is 5.32 Å². The number of benzene rings is 2. The van der Waals surface area contributed by atoms with Crippen LogP contribution in [0.4, 0.5) is 4.39 Å². The maximum atomic E-state index is 14.3. The molecule has 1 aliphatic rings. The molecule has 8 heteroatoms. The van der Waals surface area contributed by atoms with Gasteiger partial charge in [-0.05, 0) is 47.9 Å². The lowest BCUT2D eigenvalue weighted by Crippen LogP contribution is -2.58. The molecule has 0 bridgehead atoms. The molecule has 1 heterocycles. The monoisotopic (exact) mass is 405 g/mol. The zero-order valence-electron chi connectivity index (χ0n) is 16.1. The highest BCUT2D eigenvalue weighted by molar-refractivity contribution is 5.95. The maximum absolute atomic E-state index is 14.3. The Morgan fingerprint density at radius 1 is 1.17 bits per heavy atom. The van der Waals surface area contributed by atoms with Gasteiger partial charge >= 0.3 is 0 Å². The van der Waals surface area contributed by atoms with Crippen molar-refractivity contribution in [3.05, 3.63) is 53.6 Å². The molecule has 4 N–H and O–H groups in total. The van der Waals surface area contributed by atoms with Gasteiger partial charge in [-0.15, -0.1) is 0 Å². The summed E-state index contributed by atoms with van der Waals surface area (Å²) in [4.78, 5) is 11.8. The number of aryl methyl sites for hydroxylation is 1. The topological polar surface area (TPSA) is 108 Å². The Kier molecular flexibility index (Phi) is 6.49. The van der Waals surface area contributed by atoms with Crippen molar-refractivity contribution in [3.8, 4) is 16.9 Å². The van der Waals surface area contributed by atoms with Crippen molar-refractivity contribution in [3.63, 3.8) is 0 Å². The molecular formula is C21H24FNO6. The Morgan fingerprint density at radius 3 is 2.55 bits per heavy atom. The fourth-order valence-corrected chi connectivity index (χ4v) is 3.21. The number of carbonyl (C=O) groups is 1. The number of hydrogen-bond donors (Lipinski definition) is 4. The summed E-state index contributed by atoms with van der Waals surface area (Å²) in [5.74, 6) is 0.148. The number of ether oxygens (including phenoxy) is 2. The SMILES string of the molecule is CNC(=O)c1cccc(-c2ccc(OC3OC(CO)C(O)C(O)C3F)c(C)c2)c1. The molecule has 2 aromatic carbocycles. The first-order valence-corrected chi connectivity index (χ1v) is 9.22. The van der Waals surface area contributed by atoms with Gasteiger partial charge < -0.3 is 30.1 Å². The van der Waals surface area contributed by atoms with Crippen LogP contribution in [0.25, 0.3) is 11.1 Å². The van der Waals surface area contributed by atoms with Gasteiger partial charge in [0.2, 0.25) is 6.29 Å². The van der Waals surface area contributed by atoms with E-state index >= 15 is 0 Å². The number of halogens is 1. The fourth-order valence-electron chi connectivity index (χ4n) is 3.21. The van der Waals surface area contributed by atoms with Gasteiger partial charge in [-0.1, -0.05) is 18.2 Å². The molecule has 5 atom stereocenters. The highest BCUT2D eigenvalue weighted by Crippen LogP contribution is 2.31. The summed E-state index contributed by atoms with van der Waals surface area (Å²) in [5, 5.41) is 31.4. The normalized spacial score (nSPS) is 26.8. The Bertz CT molecular complexity index is 874. The number of nitrogens with one attached hydrogen (secondary N) is 1. The predicted molar refractivity (Wildman–Crippen MR) is 103 cm³/mol. The zero-order valence-corrected chi connectivity index (χ0v) is 16.1. The van der Waals surface area contributed by atoms with Crippen molar-refractivity contribution in [2.24, 2.45) is 0 Å². The highest BCUT2D eigenvalue weighted by Gasteiger charge is 2.46. The minimum Gasteiger partial charge on any atom is -0.461 e. The molecule has 0 aliphatic carbocycles. The van der Waals surface area contributed by atoms with E-state index in [1.54, 1.807) is 44.3 Å². The van der Waals surface area contributed by atoms with Gasteiger partial charge in [0.25, 0.3) is 5.91 Å². The highest BCUT2D eigenvalue weighted by atomic mass is 19.1. The summed E-state index contributed by atoms with van der Waals surface area (Å²) in [7, 11) is 1.56. The van der Waals surface area contributed by atoms with Crippen LogP contribution < -0.4 is 10.1 Å². The first-order chi connectivity index (χ1) is 13.8. The number of carbonyl (C=O) groups excluding carboxylic acids is 1. The van der Waals surface area contributed by atoms with Crippen molar-refractivity contribution in [2.45, 2.75) is 37.7 Å². The zero-order chi connectivity index (χ0) is 21.1. The van der Waals surface area contributed by atoms with Crippen LogP contribution in [0, 0.1) is 6.92 Å². The van der Waals surface area contributed by atoms with Gasteiger partial charge in [0.05, 0.1) is 6.61 Å². The molecule has 5 unspecified atom stereocenters. The second-order valence-corrected chi connectivity index (χ2v) is 6.91. The van der Waals surface area contributed by atoms with Crippen LogP contribution in [0.5, 0.6) is 5.75 Å². The molecule has 0 aromatic heterocycles. The van der Waals surface area contributed by atoms with Crippen LogP contribution in [0.3, 0.4) is 0 Å². The number of rotatable bonds is 5. The molecule has 0 saturated carbocycles. The van der Waals surface area contributed by atoms with E-state index in [4.69, 9.17) is 9.47 Å². The van der Waals surface area contributed by atoms with E-state index in [9.17, 15) is 24.5 Å². The molecule has 1 saturated heterocycles. The van der Waals surface area contributed by atoms with Gasteiger partial charge in [0, 0.05) is 12.6 Å². The third-order valence-electron chi connectivity index (χ3n) is 4.91. The fraction of sp³-hybridized carbons (Fsp3) is 0.381. The third-order valence-corrected chi connectivity index (χ3v) is 4.91. The van der Waals surface area contributed by atoms with Crippen molar-refractivity contribution < 1.29 is 34.0 Å². The second kappa shape index (κ2) is 8.87. The second-order valence-electron chi connectivity index (χ2n) is 6.91. The van der Waals surface area contributed by atoms with Gasteiger partial charge in [-0.3, -0.25) is 4.79 Å². The quantitative estimate of drug-likeness (QED) is 0.595. The predicted octanol–water partition coefficient (Wildman–Crippen LogP) is 1.18. The van der Waals surface area contributed by atoms with Crippen molar-refractivity contribution >= 4 is 5.91 Å². The van der Waals surface area contributed by atoms with E-state index in [0.29, 0.717) is 16.9 Å². The first-order valence-electron chi connectivity index (χ1n) is 9.22. The molecular weight excluding hydrogens is 381 g/mol. The first kappa shape index (κ1) is 21.2. The smallest absolute Gasteiger partial charge is 0.251 e. The Morgan fingerprint density at radius 2 is 1.90 bits per heavy atom. The average molecular weight is 405 g/mol. The van der Waals surface area contributed by atoms with E-state index in [1.165, 1.54) is 0 Å². The number of alkyl halides is 1. The average Bonchev–Trinajstić information content (AvgIpc) is 2.74. The molecule has 2 aromatic rings. The Hall–Kier alpha value is -2.52. The molecule has 156 valence electrons. The van der Waals surface area contributed by atoms with Crippen molar-refractivity contribution in [1.29, 1.82) is 0 Å². The molecule has 3 rings (SSSR count). The lowest BCUT2D eigenvalue weighted by Gasteiger charge is -2.38. The van der Waals surface area contributed by atoms with Crippen LogP contribution in [-0.4, -0.2) is 65.7 Å². The molecule has 0 spiro atoms. The van der Waals surface area contributed by atoms with E-state index < -0.39 is 37.4 Å². The van der Waals surface area contributed by atoms with Gasteiger partial charge in [-0.25, -0.2) is 4.39 Å². The molecule has 0 radical (unpaired) electrons. The lowest BCUT2D eigenvalue weighted by atomic mass is 9.99. The van der Waals surface area contributed by atoms with E-state index in [-0.39, 0.29) is 5.91 Å². The number of hydrogen-bond acceptors (Lipinski definition) is 6. The molecule has 7 nitrogen and oxygen atoms in total. The summed E-state index contributed by atoms with van der Waals surface area (Å²) in [6.07, 6.45) is -7.85. The Labute approximate surface area is 167 Å². The van der Waals surface area contributed by atoms with Crippen LogP contribution in [0.15, 0.2) is 42.5 Å². The van der Waals surface area contributed by atoms with Crippen LogP contribution in [0.2, 0.25) is 0 Å². The minimum absolute atomic E-state index is 0.189. The summed E-state index contributed by atoms with van der Waals surface area (Å²) in [6, 6.07) is 12.3. The van der Waals surface area contributed by atoms with Crippen LogP contribution in [0.1, 0.15) is 15.9 Å². The third kappa shape index (κ3) is 4.40. The summed E-state index contributed by atoms with van der Waals surface area (Å²) in [5.41, 5.74) is 2.88. The van der Waals surface area contributed by atoms with Gasteiger partial charge in [-0.2, -0.15) is 0 Å².